The molecule has 2 unspecified atom stereocenters. The average molecular weight is 259 g/mol. The molecular weight excluding hydrogens is 238 g/mol. The number of para-hydroxylation sites is 1. The second-order valence-electron chi connectivity index (χ2n) is 5.27. The van der Waals surface area contributed by atoms with Crippen LogP contribution in [0, 0.1) is 11.3 Å². The summed E-state index contributed by atoms with van der Waals surface area (Å²) < 4.78 is 0. The van der Waals surface area contributed by atoms with Crippen molar-refractivity contribution < 1.29 is 5.11 Å². The maximum atomic E-state index is 9.70. The highest BCUT2D eigenvalue weighted by Crippen LogP contribution is 2.27. The fraction of sp³-hybridized carbons (Fsp3) is 0.533. The highest BCUT2D eigenvalue weighted by Gasteiger charge is 2.29. The molecule has 4 nitrogen and oxygen atoms in total. The smallest absolute Gasteiger partial charge is 0.101 e. The summed E-state index contributed by atoms with van der Waals surface area (Å²) in [6, 6.07) is 10.3. The number of nitriles is 1. The van der Waals surface area contributed by atoms with E-state index in [1.54, 1.807) is 0 Å². The van der Waals surface area contributed by atoms with E-state index >= 15 is 0 Å². The molecule has 1 aromatic rings. The lowest BCUT2D eigenvalue weighted by Crippen LogP contribution is -2.46. The summed E-state index contributed by atoms with van der Waals surface area (Å²) in [6.45, 7) is 4.11. The Labute approximate surface area is 114 Å². The summed E-state index contributed by atoms with van der Waals surface area (Å²) in [5.41, 5.74) is 1.62. The zero-order valence-corrected chi connectivity index (χ0v) is 11.6. The lowest BCUT2D eigenvalue weighted by molar-refractivity contribution is 0.228. The van der Waals surface area contributed by atoms with E-state index in [0.29, 0.717) is 11.6 Å². The van der Waals surface area contributed by atoms with Gasteiger partial charge in [0.1, 0.15) is 6.07 Å². The van der Waals surface area contributed by atoms with Gasteiger partial charge in [-0.25, -0.2) is 0 Å². The van der Waals surface area contributed by atoms with Gasteiger partial charge in [0.15, 0.2) is 0 Å². The third kappa shape index (κ3) is 2.89. The number of rotatable bonds is 2. The molecule has 1 heterocycles. The maximum absolute atomic E-state index is 9.70. The predicted molar refractivity (Wildman–Crippen MR) is 76.1 cm³/mol. The Kier molecular flexibility index (Phi) is 4.41. The van der Waals surface area contributed by atoms with Crippen LogP contribution in [0.5, 0.6) is 0 Å². The molecule has 0 radical (unpaired) electrons. The summed E-state index contributed by atoms with van der Waals surface area (Å²) in [6.07, 6.45) is 1.03. The van der Waals surface area contributed by atoms with Crippen molar-refractivity contribution >= 4 is 5.69 Å². The van der Waals surface area contributed by atoms with Crippen LogP contribution in [0.4, 0.5) is 5.69 Å². The van der Waals surface area contributed by atoms with E-state index in [4.69, 9.17) is 0 Å². The Bertz CT molecular complexity index is 469. The fourth-order valence-corrected chi connectivity index (χ4v) is 2.82. The Hall–Kier alpha value is -1.57. The van der Waals surface area contributed by atoms with Gasteiger partial charge in [0, 0.05) is 12.6 Å². The van der Waals surface area contributed by atoms with Crippen molar-refractivity contribution in [2.45, 2.75) is 25.4 Å². The first-order chi connectivity index (χ1) is 9.17. The summed E-state index contributed by atoms with van der Waals surface area (Å²) in [5.74, 6) is 0. The van der Waals surface area contributed by atoms with E-state index in [-0.39, 0.29) is 12.6 Å². The topological polar surface area (TPSA) is 50.5 Å². The second kappa shape index (κ2) is 6.05. The van der Waals surface area contributed by atoms with Gasteiger partial charge < -0.3 is 14.9 Å². The Balaban J connectivity index is 2.40. The molecule has 2 atom stereocenters. The molecule has 0 spiro atoms. The van der Waals surface area contributed by atoms with Crippen molar-refractivity contribution in [3.05, 3.63) is 29.8 Å². The molecule has 102 valence electrons. The molecule has 1 N–H and O–H groups in total. The van der Waals surface area contributed by atoms with E-state index in [2.05, 4.69) is 29.8 Å². The molecule has 0 aliphatic carbocycles. The molecule has 0 bridgehead atoms. The first-order valence-electron chi connectivity index (χ1n) is 6.74. The predicted octanol–water partition coefficient (Wildman–Crippen LogP) is 1.45. The zero-order valence-electron chi connectivity index (χ0n) is 11.6. The van der Waals surface area contributed by atoms with E-state index < -0.39 is 0 Å². The van der Waals surface area contributed by atoms with Crippen LogP contribution in [0.15, 0.2) is 24.3 Å². The lowest BCUT2D eigenvalue weighted by Gasteiger charge is -2.36. The van der Waals surface area contributed by atoms with Gasteiger partial charge in [0.25, 0.3) is 0 Å². The van der Waals surface area contributed by atoms with Crippen molar-refractivity contribution in [3.8, 4) is 6.07 Å². The molecule has 2 rings (SSSR count). The van der Waals surface area contributed by atoms with E-state index in [1.165, 1.54) is 0 Å². The molecule has 1 aromatic carbocycles. The van der Waals surface area contributed by atoms with Crippen molar-refractivity contribution in [1.29, 1.82) is 5.26 Å². The minimum Gasteiger partial charge on any atom is -0.394 e. The summed E-state index contributed by atoms with van der Waals surface area (Å²) in [4.78, 5) is 4.45. The Morgan fingerprint density at radius 1 is 1.42 bits per heavy atom. The molecule has 0 aromatic heterocycles. The standard InChI is InChI=1S/C15H21N3O/c1-12-7-8-17(2)10-14(11-19)18(12)15-6-4-3-5-13(15)9-16/h3-6,12,14,19H,7-8,10-11H2,1-2H3. The van der Waals surface area contributed by atoms with E-state index in [1.807, 2.05) is 24.3 Å². The van der Waals surface area contributed by atoms with Crippen LogP contribution in [0.2, 0.25) is 0 Å². The van der Waals surface area contributed by atoms with E-state index in [0.717, 1.165) is 25.2 Å². The van der Waals surface area contributed by atoms with E-state index in [9.17, 15) is 10.4 Å². The number of anilines is 1. The minimum atomic E-state index is 0.0389. The summed E-state index contributed by atoms with van der Waals surface area (Å²) >= 11 is 0. The van der Waals surface area contributed by atoms with Gasteiger partial charge in [-0.15, -0.1) is 0 Å². The van der Waals surface area contributed by atoms with Crippen molar-refractivity contribution in [3.63, 3.8) is 0 Å². The molecule has 1 fully saturated rings. The molecule has 0 amide bonds. The SMILES string of the molecule is CC1CCN(C)CC(CO)N1c1ccccc1C#N. The van der Waals surface area contributed by atoms with Crippen molar-refractivity contribution in [1.82, 2.24) is 4.90 Å². The molecule has 1 aliphatic rings. The molecule has 4 heteroatoms. The first kappa shape index (κ1) is 13.9. The quantitative estimate of drug-likeness (QED) is 0.873. The van der Waals surface area contributed by atoms with Crippen LogP contribution < -0.4 is 4.90 Å². The summed E-state index contributed by atoms with van der Waals surface area (Å²) in [5, 5.41) is 19.0. The van der Waals surface area contributed by atoms with Crippen LogP contribution in [-0.4, -0.2) is 48.8 Å². The maximum Gasteiger partial charge on any atom is 0.101 e. The summed E-state index contributed by atoms with van der Waals surface area (Å²) in [7, 11) is 2.08. The average Bonchev–Trinajstić information content (AvgIpc) is 2.58. The van der Waals surface area contributed by atoms with Gasteiger partial charge in [-0.05, 0) is 39.1 Å². The van der Waals surface area contributed by atoms with Crippen molar-refractivity contribution in [2.24, 2.45) is 0 Å². The fourth-order valence-electron chi connectivity index (χ4n) is 2.82. The van der Waals surface area contributed by atoms with Gasteiger partial charge in [-0.3, -0.25) is 0 Å². The highest BCUT2D eigenvalue weighted by atomic mass is 16.3. The van der Waals surface area contributed by atoms with Crippen LogP contribution in [0.25, 0.3) is 0 Å². The monoisotopic (exact) mass is 259 g/mol. The Morgan fingerprint density at radius 3 is 2.84 bits per heavy atom. The number of nitrogens with zero attached hydrogens (tertiary/aromatic N) is 3. The normalized spacial score (nSPS) is 24.8. The second-order valence-corrected chi connectivity index (χ2v) is 5.27. The lowest BCUT2D eigenvalue weighted by atomic mass is 10.1. The minimum absolute atomic E-state index is 0.0389. The molecule has 1 aliphatic heterocycles. The van der Waals surface area contributed by atoms with Gasteiger partial charge in [0.05, 0.1) is 23.9 Å². The number of hydrogen-bond acceptors (Lipinski definition) is 4. The molecule has 1 saturated heterocycles. The largest absolute Gasteiger partial charge is 0.394 e. The number of aliphatic hydroxyl groups is 1. The zero-order chi connectivity index (χ0) is 13.8. The van der Waals surface area contributed by atoms with Crippen LogP contribution in [0.1, 0.15) is 18.9 Å². The van der Waals surface area contributed by atoms with Gasteiger partial charge in [0.2, 0.25) is 0 Å². The van der Waals surface area contributed by atoms with Crippen LogP contribution >= 0.6 is 0 Å². The number of benzene rings is 1. The first-order valence-corrected chi connectivity index (χ1v) is 6.74. The third-order valence-electron chi connectivity index (χ3n) is 3.83. The van der Waals surface area contributed by atoms with Gasteiger partial charge in [-0.2, -0.15) is 5.26 Å². The van der Waals surface area contributed by atoms with Gasteiger partial charge in [-0.1, -0.05) is 12.1 Å². The van der Waals surface area contributed by atoms with Crippen molar-refractivity contribution in [2.75, 3.05) is 31.6 Å². The molecule has 0 saturated carbocycles. The number of aliphatic hydroxyl groups excluding tert-OH is 1. The number of hydrogen-bond donors (Lipinski definition) is 1. The third-order valence-corrected chi connectivity index (χ3v) is 3.83. The van der Waals surface area contributed by atoms with Crippen LogP contribution in [0.3, 0.4) is 0 Å². The Morgan fingerprint density at radius 2 is 2.16 bits per heavy atom. The molecular formula is C15H21N3O. The molecule has 19 heavy (non-hydrogen) atoms. The van der Waals surface area contributed by atoms with Gasteiger partial charge >= 0.3 is 0 Å². The number of likely N-dealkylation sites (N-methyl/N-ethyl adjacent to an activating group) is 1. The van der Waals surface area contributed by atoms with Crippen LogP contribution in [-0.2, 0) is 0 Å². The highest BCUT2D eigenvalue weighted by molar-refractivity contribution is 5.60.